The third-order valence-electron chi connectivity index (χ3n) is 8.80. The van der Waals surface area contributed by atoms with Gasteiger partial charge >= 0.3 is 5.97 Å². The topological polar surface area (TPSA) is 44.8 Å². The number of carbonyl (C=O) groups is 1. The van der Waals surface area contributed by atoms with E-state index in [0.29, 0.717) is 19.6 Å². The lowest BCUT2D eigenvalue weighted by Crippen LogP contribution is -2.28. The molecule has 46 heavy (non-hydrogen) atoms. The first-order valence-electron chi connectivity index (χ1n) is 20.4. The molecular weight excluding hydrogens is 568 g/mol. The van der Waals surface area contributed by atoms with Crippen LogP contribution in [-0.4, -0.2) is 38.5 Å². The summed E-state index contributed by atoms with van der Waals surface area (Å²) in [5.74, 6) is -0.174. The van der Waals surface area contributed by atoms with Gasteiger partial charge in [0.1, 0.15) is 6.10 Å². The van der Waals surface area contributed by atoms with E-state index in [-0.39, 0.29) is 12.1 Å². The van der Waals surface area contributed by atoms with Crippen molar-refractivity contribution in [2.24, 2.45) is 0 Å². The van der Waals surface area contributed by atoms with E-state index in [1.165, 1.54) is 167 Å². The minimum Gasteiger partial charge on any atom is -0.457 e. The van der Waals surface area contributed by atoms with E-state index in [2.05, 4.69) is 38.2 Å². The summed E-state index contributed by atoms with van der Waals surface area (Å²) in [6.07, 6.45) is 46.3. The third-order valence-corrected chi connectivity index (χ3v) is 8.80. The highest BCUT2D eigenvalue weighted by molar-refractivity contribution is 5.69. The van der Waals surface area contributed by atoms with E-state index in [0.717, 1.165) is 26.1 Å². The standard InChI is InChI=1S/C42H80O4/c1-4-7-9-11-13-15-17-19-21-23-25-27-29-31-33-35-37-44-39-41(46-42(43)6-3)40-45-38-36-34-32-30-28-26-24-22-20-18-16-14-12-10-8-5-2/h19-22,41H,4-18,23-40H2,1-3H3. The van der Waals surface area contributed by atoms with Gasteiger partial charge in [-0.1, -0.05) is 161 Å². The molecule has 0 aliphatic carbocycles. The summed E-state index contributed by atoms with van der Waals surface area (Å²) in [4.78, 5) is 11.9. The molecule has 0 N–H and O–H groups in total. The molecule has 0 radical (unpaired) electrons. The van der Waals surface area contributed by atoms with Gasteiger partial charge in [-0.2, -0.15) is 0 Å². The van der Waals surface area contributed by atoms with Crippen molar-refractivity contribution in [2.45, 2.75) is 213 Å². The maximum absolute atomic E-state index is 11.9. The molecule has 0 aromatic carbocycles. The number of ether oxygens (including phenoxy) is 3. The summed E-state index contributed by atoms with van der Waals surface area (Å²) >= 11 is 0. The maximum Gasteiger partial charge on any atom is 0.305 e. The fourth-order valence-electron chi connectivity index (χ4n) is 5.72. The summed E-state index contributed by atoms with van der Waals surface area (Å²) in [6.45, 7) is 8.73. The summed E-state index contributed by atoms with van der Waals surface area (Å²) in [5.41, 5.74) is 0. The third kappa shape index (κ3) is 37.3. The molecule has 0 aliphatic heterocycles. The van der Waals surface area contributed by atoms with Crippen LogP contribution in [0.2, 0.25) is 0 Å². The number of allylic oxidation sites excluding steroid dienone is 4. The van der Waals surface area contributed by atoms with Gasteiger partial charge in [-0.3, -0.25) is 4.79 Å². The van der Waals surface area contributed by atoms with Crippen LogP contribution in [0, 0.1) is 0 Å². The number of hydrogen-bond donors (Lipinski definition) is 0. The molecule has 0 saturated heterocycles. The molecule has 0 rings (SSSR count). The largest absolute Gasteiger partial charge is 0.457 e. The minimum atomic E-state index is -0.296. The van der Waals surface area contributed by atoms with E-state index in [9.17, 15) is 4.79 Å². The van der Waals surface area contributed by atoms with Gasteiger partial charge in [0.15, 0.2) is 0 Å². The maximum atomic E-state index is 11.9. The quantitative estimate of drug-likeness (QED) is 0.0380. The van der Waals surface area contributed by atoms with Gasteiger partial charge in [-0.25, -0.2) is 0 Å². The number of unbranched alkanes of at least 4 members (excludes halogenated alkanes) is 24. The first-order valence-corrected chi connectivity index (χ1v) is 20.4. The molecule has 0 unspecified atom stereocenters. The van der Waals surface area contributed by atoms with Crippen LogP contribution in [0.4, 0.5) is 0 Å². The molecule has 0 saturated carbocycles. The van der Waals surface area contributed by atoms with Crippen LogP contribution in [0.5, 0.6) is 0 Å². The Morgan fingerprint density at radius 1 is 0.435 bits per heavy atom. The van der Waals surface area contributed by atoms with Crippen molar-refractivity contribution < 1.29 is 19.0 Å². The van der Waals surface area contributed by atoms with Crippen LogP contribution in [-0.2, 0) is 19.0 Å². The second-order valence-corrected chi connectivity index (χ2v) is 13.5. The van der Waals surface area contributed by atoms with Gasteiger partial charge in [0.2, 0.25) is 0 Å². The van der Waals surface area contributed by atoms with E-state index < -0.39 is 0 Å². The van der Waals surface area contributed by atoms with Crippen LogP contribution in [0.1, 0.15) is 207 Å². The number of hydrogen-bond acceptors (Lipinski definition) is 4. The van der Waals surface area contributed by atoms with Crippen molar-refractivity contribution in [1.82, 2.24) is 0 Å². The lowest BCUT2D eigenvalue weighted by molar-refractivity contribution is -0.155. The Kier molecular flexibility index (Phi) is 39.1. The van der Waals surface area contributed by atoms with Gasteiger partial charge in [0.05, 0.1) is 13.2 Å². The Hall–Kier alpha value is -1.13. The zero-order valence-electron chi connectivity index (χ0n) is 31.4. The average molecular weight is 649 g/mol. The van der Waals surface area contributed by atoms with Crippen LogP contribution in [0.3, 0.4) is 0 Å². The van der Waals surface area contributed by atoms with Crippen LogP contribution < -0.4 is 0 Å². The Bertz CT molecular complexity index is 598. The van der Waals surface area contributed by atoms with E-state index in [1.54, 1.807) is 0 Å². The monoisotopic (exact) mass is 649 g/mol. The molecule has 0 aromatic heterocycles. The molecule has 4 nitrogen and oxygen atoms in total. The molecule has 0 amide bonds. The molecule has 0 fully saturated rings. The zero-order valence-corrected chi connectivity index (χ0v) is 31.4. The first-order chi connectivity index (χ1) is 22.7. The number of rotatable bonds is 38. The summed E-state index contributed by atoms with van der Waals surface area (Å²) in [7, 11) is 0. The molecule has 0 bridgehead atoms. The Labute approximate surface area is 288 Å². The normalized spacial score (nSPS) is 12.5. The van der Waals surface area contributed by atoms with Crippen LogP contribution in [0.15, 0.2) is 24.3 Å². The van der Waals surface area contributed by atoms with Gasteiger partial charge in [-0.15, -0.1) is 0 Å². The molecular formula is C42H80O4. The predicted molar refractivity (Wildman–Crippen MR) is 201 cm³/mol. The van der Waals surface area contributed by atoms with Crippen molar-refractivity contribution in [3.63, 3.8) is 0 Å². The van der Waals surface area contributed by atoms with Crippen molar-refractivity contribution in [2.75, 3.05) is 26.4 Å². The second kappa shape index (κ2) is 40.0. The van der Waals surface area contributed by atoms with Gasteiger partial charge in [0.25, 0.3) is 0 Å². The predicted octanol–water partition coefficient (Wildman–Crippen LogP) is 13.4. The smallest absolute Gasteiger partial charge is 0.305 e. The fraction of sp³-hybridized carbons (Fsp3) is 0.881. The van der Waals surface area contributed by atoms with Gasteiger partial charge in [-0.05, 0) is 64.2 Å². The minimum absolute atomic E-state index is 0.174. The number of esters is 1. The van der Waals surface area contributed by atoms with E-state index >= 15 is 0 Å². The Morgan fingerprint density at radius 2 is 0.739 bits per heavy atom. The highest BCUT2D eigenvalue weighted by atomic mass is 16.6. The van der Waals surface area contributed by atoms with Gasteiger partial charge in [0, 0.05) is 19.6 Å². The van der Waals surface area contributed by atoms with E-state index in [1.807, 2.05) is 6.92 Å². The van der Waals surface area contributed by atoms with Crippen molar-refractivity contribution in [1.29, 1.82) is 0 Å². The highest BCUT2D eigenvalue weighted by Crippen LogP contribution is 2.12. The molecule has 0 aliphatic rings. The second-order valence-electron chi connectivity index (χ2n) is 13.5. The molecule has 0 heterocycles. The lowest BCUT2D eigenvalue weighted by Gasteiger charge is -2.18. The van der Waals surface area contributed by atoms with Gasteiger partial charge < -0.3 is 14.2 Å². The zero-order chi connectivity index (χ0) is 33.4. The fourth-order valence-corrected chi connectivity index (χ4v) is 5.72. The first kappa shape index (κ1) is 44.9. The average Bonchev–Trinajstić information content (AvgIpc) is 3.06. The van der Waals surface area contributed by atoms with Crippen molar-refractivity contribution >= 4 is 5.97 Å². The van der Waals surface area contributed by atoms with Crippen LogP contribution >= 0.6 is 0 Å². The number of carbonyl (C=O) groups excluding carboxylic acids is 1. The SMILES string of the molecule is CCCCCCCCC=CCCCCCCCCOCC(COCCCCCCCCC=CCCCCCCCC)OC(=O)CC. The van der Waals surface area contributed by atoms with E-state index in [4.69, 9.17) is 14.2 Å². The molecule has 0 atom stereocenters. The van der Waals surface area contributed by atoms with Crippen molar-refractivity contribution in [3.8, 4) is 0 Å². The lowest BCUT2D eigenvalue weighted by atomic mass is 10.1. The molecule has 272 valence electrons. The molecule has 0 spiro atoms. The summed E-state index contributed by atoms with van der Waals surface area (Å²) in [6, 6.07) is 0. The molecule has 0 aromatic rings. The van der Waals surface area contributed by atoms with Crippen LogP contribution in [0.25, 0.3) is 0 Å². The summed E-state index contributed by atoms with van der Waals surface area (Å²) in [5, 5.41) is 0. The molecule has 4 heteroatoms. The highest BCUT2D eigenvalue weighted by Gasteiger charge is 2.14. The van der Waals surface area contributed by atoms with Crippen molar-refractivity contribution in [3.05, 3.63) is 24.3 Å². The Morgan fingerprint density at radius 3 is 1.07 bits per heavy atom. The Balaban J connectivity index is 3.61. The summed E-state index contributed by atoms with van der Waals surface area (Å²) < 4.78 is 17.3.